The lowest BCUT2D eigenvalue weighted by atomic mass is 9.91. The number of oxazole rings is 1. The third-order valence-corrected chi connectivity index (χ3v) is 11.8. The first kappa shape index (κ1) is 31.4. The van der Waals surface area contributed by atoms with Gasteiger partial charge in [0.05, 0.1) is 18.4 Å². The molecule has 0 bridgehead atoms. The van der Waals surface area contributed by atoms with Crippen molar-refractivity contribution >= 4 is 33.0 Å². The molecule has 2 aliphatic rings. The second-order valence-corrected chi connectivity index (χ2v) is 15.9. The third kappa shape index (κ3) is 7.36. The van der Waals surface area contributed by atoms with Gasteiger partial charge in [0, 0.05) is 47.9 Å². The number of ether oxygens (including phenoxy) is 1. The quantitative estimate of drug-likeness (QED) is 0.332. The molecule has 232 valence electrons. The lowest BCUT2D eigenvalue weighted by Gasteiger charge is -2.31. The Morgan fingerprint density at radius 3 is 2.56 bits per heavy atom. The average molecular weight is 630 g/mol. The van der Waals surface area contributed by atoms with Crippen LogP contribution in [0.5, 0.6) is 0 Å². The second kappa shape index (κ2) is 12.9. The normalized spacial score (nSPS) is 22.6. The first-order valence-electron chi connectivity index (χ1n) is 14.6. The van der Waals surface area contributed by atoms with Crippen LogP contribution in [-0.4, -0.2) is 61.9 Å². The summed E-state index contributed by atoms with van der Waals surface area (Å²) in [5, 5.41) is 0. The Morgan fingerprint density at radius 1 is 1.12 bits per heavy atom. The summed E-state index contributed by atoms with van der Waals surface area (Å²) in [6.45, 7) is 6.82. The highest BCUT2D eigenvalue weighted by atomic mass is 32.2. The van der Waals surface area contributed by atoms with Crippen molar-refractivity contribution in [2.24, 2.45) is 5.41 Å². The van der Waals surface area contributed by atoms with Crippen molar-refractivity contribution in [2.45, 2.75) is 70.3 Å². The number of hydrogen-bond donors (Lipinski definition) is 1. The van der Waals surface area contributed by atoms with Crippen LogP contribution < -0.4 is 5.48 Å². The standard InChI is InChI=1S/C31H39N3O7S2/c1-30(2,3)19-28(36)34-14-13-31(43(37,38)17-15-34,18-27(35)33-41-29-6-4-5-16-39-29)26-12-11-25(42-26)23-9-7-22(8-10-23)24-20-32-21-40-24/h7-12,20-21,29H,4-6,13-19H2,1-3H3,(H,33,35)/t29?,31-/m0/s1. The number of sulfone groups is 1. The largest absolute Gasteiger partial charge is 0.444 e. The van der Waals surface area contributed by atoms with Gasteiger partial charge < -0.3 is 14.1 Å². The van der Waals surface area contributed by atoms with Crippen LogP contribution in [0.3, 0.4) is 0 Å². The fourth-order valence-corrected chi connectivity index (χ4v) is 9.12. The predicted octanol–water partition coefficient (Wildman–Crippen LogP) is 5.31. The van der Waals surface area contributed by atoms with Crippen LogP contribution in [0.2, 0.25) is 0 Å². The lowest BCUT2D eigenvalue weighted by molar-refractivity contribution is -0.200. The molecule has 2 atom stereocenters. The zero-order valence-corrected chi connectivity index (χ0v) is 26.5. The Bertz CT molecular complexity index is 1510. The van der Waals surface area contributed by atoms with Crippen molar-refractivity contribution in [3.05, 3.63) is 53.9 Å². The van der Waals surface area contributed by atoms with Crippen molar-refractivity contribution in [3.63, 3.8) is 0 Å². The van der Waals surface area contributed by atoms with Crippen LogP contribution in [0.4, 0.5) is 0 Å². The van der Waals surface area contributed by atoms with E-state index in [-0.39, 0.29) is 43.0 Å². The molecule has 10 nitrogen and oxygen atoms in total. The van der Waals surface area contributed by atoms with Gasteiger partial charge in [-0.3, -0.25) is 9.59 Å². The highest BCUT2D eigenvalue weighted by Gasteiger charge is 2.50. The first-order chi connectivity index (χ1) is 20.5. The minimum absolute atomic E-state index is 0.0838. The summed E-state index contributed by atoms with van der Waals surface area (Å²) >= 11 is 1.35. The number of benzene rings is 1. The molecule has 12 heteroatoms. The average Bonchev–Trinajstić information content (AvgIpc) is 3.66. The number of carbonyl (C=O) groups excluding carboxylic acids is 2. The molecule has 3 aromatic rings. The molecule has 2 saturated heterocycles. The van der Waals surface area contributed by atoms with Gasteiger partial charge in [-0.05, 0) is 42.4 Å². The number of amides is 2. The number of aromatic nitrogens is 1. The van der Waals surface area contributed by atoms with E-state index in [1.54, 1.807) is 17.2 Å². The SMILES string of the molecule is CC(C)(C)CC(=O)N1CC[C@](CC(=O)NOC2CCCCO2)(c2ccc(-c3ccc(-c4cnco4)cc3)s2)S(=O)(=O)CC1. The van der Waals surface area contributed by atoms with E-state index in [1.807, 2.05) is 51.1 Å². The van der Waals surface area contributed by atoms with E-state index in [2.05, 4.69) is 10.5 Å². The van der Waals surface area contributed by atoms with E-state index in [0.29, 0.717) is 30.1 Å². The van der Waals surface area contributed by atoms with Gasteiger partial charge in [0.1, 0.15) is 4.75 Å². The molecule has 43 heavy (non-hydrogen) atoms. The molecule has 5 rings (SSSR count). The summed E-state index contributed by atoms with van der Waals surface area (Å²) in [5.41, 5.74) is 4.01. The van der Waals surface area contributed by atoms with Crippen molar-refractivity contribution < 1.29 is 32.0 Å². The zero-order valence-electron chi connectivity index (χ0n) is 24.8. The summed E-state index contributed by atoms with van der Waals surface area (Å²) in [6.07, 6.45) is 5.06. The lowest BCUT2D eigenvalue weighted by Crippen LogP contribution is -2.43. The van der Waals surface area contributed by atoms with Crippen LogP contribution in [0.15, 0.2) is 53.4 Å². The molecule has 0 aliphatic carbocycles. The topological polar surface area (TPSA) is 128 Å². The molecule has 0 spiro atoms. The van der Waals surface area contributed by atoms with Crippen LogP contribution in [-0.2, 0) is 33.7 Å². The molecule has 2 aromatic heterocycles. The summed E-state index contributed by atoms with van der Waals surface area (Å²) in [6, 6.07) is 11.4. The highest BCUT2D eigenvalue weighted by molar-refractivity contribution is 7.92. The van der Waals surface area contributed by atoms with Crippen LogP contribution in [0.1, 0.15) is 64.2 Å². The van der Waals surface area contributed by atoms with Gasteiger partial charge >= 0.3 is 0 Å². The fraction of sp³-hybridized carbons (Fsp3) is 0.516. The molecular formula is C31H39N3O7S2. The van der Waals surface area contributed by atoms with Crippen molar-refractivity contribution in [1.29, 1.82) is 0 Å². The van der Waals surface area contributed by atoms with Crippen LogP contribution >= 0.6 is 11.3 Å². The second-order valence-electron chi connectivity index (χ2n) is 12.4. The molecule has 1 unspecified atom stereocenters. The molecule has 1 N–H and O–H groups in total. The number of hydrogen-bond acceptors (Lipinski definition) is 9. The molecule has 0 radical (unpaired) electrons. The van der Waals surface area contributed by atoms with Crippen molar-refractivity contribution in [3.8, 4) is 21.8 Å². The Kier molecular flexibility index (Phi) is 9.40. The van der Waals surface area contributed by atoms with Crippen molar-refractivity contribution in [1.82, 2.24) is 15.4 Å². The Morgan fingerprint density at radius 2 is 1.88 bits per heavy atom. The molecule has 2 amide bonds. The summed E-state index contributed by atoms with van der Waals surface area (Å²) < 4.78 is 37.7. The van der Waals surface area contributed by atoms with E-state index in [0.717, 1.165) is 28.8 Å². The Labute approximate surface area is 256 Å². The molecular weight excluding hydrogens is 590 g/mol. The molecule has 1 aromatic carbocycles. The van der Waals surface area contributed by atoms with E-state index in [9.17, 15) is 18.0 Å². The number of hydroxylamine groups is 1. The smallest absolute Gasteiger partial charge is 0.245 e. The van der Waals surface area contributed by atoms with Crippen LogP contribution in [0, 0.1) is 5.41 Å². The fourth-order valence-electron chi connectivity index (χ4n) is 5.51. The van der Waals surface area contributed by atoms with Gasteiger partial charge in [-0.25, -0.2) is 23.7 Å². The van der Waals surface area contributed by atoms with Gasteiger partial charge in [-0.1, -0.05) is 45.0 Å². The molecule has 4 heterocycles. The molecule has 2 fully saturated rings. The third-order valence-electron chi connectivity index (χ3n) is 7.87. The van der Waals surface area contributed by atoms with Gasteiger partial charge in [-0.2, -0.15) is 0 Å². The van der Waals surface area contributed by atoms with Gasteiger partial charge in [0.15, 0.2) is 28.3 Å². The Hall–Kier alpha value is -3.06. The predicted molar refractivity (Wildman–Crippen MR) is 163 cm³/mol. The number of nitrogens with one attached hydrogen (secondary N) is 1. The maximum atomic E-state index is 14.1. The number of rotatable bonds is 8. The summed E-state index contributed by atoms with van der Waals surface area (Å²) in [4.78, 5) is 39.0. The highest BCUT2D eigenvalue weighted by Crippen LogP contribution is 2.45. The number of carbonyl (C=O) groups is 2. The van der Waals surface area contributed by atoms with E-state index >= 15 is 0 Å². The summed E-state index contributed by atoms with van der Waals surface area (Å²) in [7, 11) is -3.88. The summed E-state index contributed by atoms with van der Waals surface area (Å²) in [5.74, 6) is -0.209. The number of nitrogens with zero attached hydrogens (tertiary/aromatic N) is 2. The molecule has 0 saturated carbocycles. The van der Waals surface area contributed by atoms with Crippen LogP contribution in [0.25, 0.3) is 21.8 Å². The number of thiophene rings is 1. The maximum Gasteiger partial charge on any atom is 0.245 e. The van der Waals surface area contributed by atoms with Gasteiger partial charge in [0.25, 0.3) is 0 Å². The monoisotopic (exact) mass is 629 g/mol. The minimum atomic E-state index is -3.88. The van der Waals surface area contributed by atoms with E-state index < -0.39 is 26.8 Å². The van der Waals surface area contributed by atoms with E-state index in [4.69, 9.17) is 14.0 Å². The zero-order chi connectivity index (χ0) is 30.7. The first-order valence-corrected chi connectivity index (χ1v) is 17.1. The van der Waals surface area contributed by atoms with Crippen molar-refractivity contribution in [2.75, 3.05) is 25.4 Å². The maximum absolute atomic E-state index is 14.1. The van der Waals surface area contributed by atoms with E-state index in [1.165, 1.54) is 17.7 Å². The van der Waals surface area contributed by atoms with Gasteiger partial charge in [0.2, 0.25) is 11.8 Å². The Balaban J connectivity index is 1.43. The van der Waals surface area contributed by atoms with Gasteiger partial charge in [-0.15, -0.1) is 11.3 Å². The minimum Gasteiger partial charge on any atom is -0.444 e. The molecule has 2 aliphatic heterocycles.